The number of thiophene rings is 1. The van der Waals surface area contributed by atoms with Gasteiger partial charge in [0.05, 0.1) is 9.94 Å². The fourth-order valence-corrected chi connectivity index (χ4v) is 3.19. The highest BCUT2D eigenvalue weighted by Crippen LogP contribution is 2.26. The lowest BCUT2D eigenvalue weighted by Gasteiger charge is -2.22. The Hall–Kier alpha value is -0.830. The summed E-state index contributed by atoms with van der Waals surface area (Å²) in [4.78, 5) is 1.12. The standard InChI is InChI=1S/C14H15ClOS/c1-14(16,9-11-5-3-2-4-6-11)10-12-7-8-13(15)17-12/h2-8,16H,9-10H2,1H3. The van der Waals surface area contributed by atoms with Gasteiger partial charge in [0.15, 0.2) is 0 Å². The molecule has 1 heterocycles. The molecule has 0 saturated carbocycles. The first-order valence-electron chi connectivity index (χ1n) is 5.56. The van der Waals surface area contributed by atoms with Crippen molar-refractivity contribution in [2.75, 3.05) is 0 Å². The van der Waals surface area contributed by atoms with Crippen molar-refractivity contribution in [1.29, 1.82) is 0 Å². The van der Waals surface area contributed by atoms with E-state index in [1.165, 1.54) is 11.3 Å². The van der Waals surface area contributed by atoms with E-state index in [-0.39, 0.29) is 0 Å². The molecule has 0 aliphatic carbocycles. The average Bonchev–Trinajstić information content (AvgIpc) is 2.63. The van der Waals surface area contributed by atoms with Gasteiger partial charge >= 0.3 is 0 Å². The average molecular weight is 267 g/mol. The highest BCUT2D eigenvalue weighted by Gasteiger charge is 2.22. The number of hydrogen-bond donors (Lipinski definition) is 1. The fraction of sp³-hybridized carbons (Fsp3) is 0.286. The zero-order valence-electron chi connectivity index (χ0n) is 9.69. The van der Waals surface area contributed by atoms with Crippen LogP contribution in [0, 0.1) is 0 Å². The number of benzene rings is 1. The summed E-state index contributed by atoms with van der Waals surface area (Å²) < 4.78 is 0.774. The van der Waals surface area contributed by atoms with Gasteiger partial charge in [-0.25, -0.2) is 0 Å². The van der Waals surface area contributed by atoms with Crippen molar-refractivity contribution in [3.8, 4) is 0 Å². The number of aliphatic hydroxyl groups is 1. The third kappa shape index (κ3) is 3.84. The highest BCUT2D eigenvalue weighted by molar-refractivity contribution is 7.16. The number of hydrogen-bond acceptors (Lipinski definition) is 2. The zero-order valence-corrected chi connectivity index (χ0v) is 11.3. The van der Waals surface area contributed by atoms with Gasteiger partial charge in [0.25, 0.3) is 0 Å². The van der Waals surface area contributed by atoms with E-state index in [4.69, 9.17) is 11.6 Å². The lowest BCUT2D eigenvalue weighted by molar-refractivity contribution is 0.0616. The van der Waals surface area contributed by atoms with E-state index in [2.05, 4.69) is 0 Å². The van der Waals surface area contributed by atoms with Gasteiger partial charge < -0.3 is 5.11 Å². The molecule has 90 valence electrons. The second-order valence-corrected chi connectivity index (χ2v) is 6.34. The van der Waals surface area contributed by atoms with Crippen molar-refractivity contribution in [2.45, 2.75) is 25.4 Å². The quantitative estimate of drug-likeness (QED) is 0.889. The van der Waals surface area contributed by atoms with Crippen LogP contribution in [0.5, 0.6) is 0 Å². The summed E-state index contributed by atoms with van der Waals surface area (Å²) in [6, 6.07) is 13.9. The van der Waals surface area contributed by atoms with Crippen LogP contribution >= 0.6 is 22.9 Å². The first-order chi connectivity index (χ1) is 8.05. The molecule has 0 aliphatic rings. The smallest absolute Gasteiger partial charge is 0.0931 e. The molecule has 0 saturated heterocycles. The van der Waals surface area contributed by atoms with Gasteiger partial charge in [-0.2, -0.15) is 0 Å². The molecular weight excluding hydrogens is 252 g/mol. The molecule has 0 fully saturated rings. The van der Waals surface area contributed by atoms with Crippen LogP contribution in [0.3, 0.4) is 0 Å². The minimum atomic E-state index is -0.727. The predicted octanol–water partition coefficient (Wildman–Crippen LogP) is 3.94. The van der Waals surface area contributed by atoms with E-state index in [0.717, 1.165) is 14.8 Å². The Labute approximate surface area is 111 Å². The maximum absolute atomic E-state index is 10.4. The van der Waals surface area contributed by atoms with Gasteiger partial charge in [0.1, 0.15) is 0 Å². The fourth-order valence-electron chi connectivity index (χ4n) is 1.92. The van der Waals surface area contributed by atoms with Gasteiger partial charge in [0, 0.05) is 17.7 Å². The Balaban J connectivity index is 2.04. The Morgan fingerprint density at radius 1 is 1.12 bits per heavy atom. The van der Waals surface area contributed by atoms with E-state index in [0.29, 0.717) is 12.8 Å². The minimum absolute atomic E-state index is 0.638. The first-order valence-corrected chi connectivity index (χ1v) is 6.75. The molecule has 0 bridgehead atoms. The molecule has 1 nitrogen and oxygen atoms in total. The Bertz CT molecular complexity index is 476. The molecule has 1 N–H and O–H groups in total. The van der Waals surface area contributed by atoms with Gasteiger partial charge in [-0.05, 0) is 24.6 Å². The molecule has 0 spiro atoms. The van der Waals surface area contributed by atoms with Crippen molar-refractivity contribution in [3.63, 3.8) is 0 Å². The molecule has 1 atom stereocenters. The molecule has 2 aromatic rings. The second kappa shape index (κ2) is 5.21. The summed E-state index contributed by atoms with van der Waals surface area (Å²) >= 11 is 7.42. The second-order valence-electron chi connectivity index (χ2n) is 4.54. The van der Waals surface area contributed by atoms with Crippen LogP contribution in [0.2, 0.25) is 4.34 Å². The molecular formula is C14H15ClOS. The SMILES string of the molecule is CC(O)(Cc1ccccc1)Cc1ccc(Cl)s1. The van der Waals surface area contributed by atoms with Gasteiger partial charge in [-0.1, -0.05) is 41.9 Å². The van der Waals surface area contributed by atoms with Crippen molar-refractivity contribution in [2.24, 2.45) is 0 Å². The maximum Gasteiger partial charge on any atom is 0.0931 e. The van der Waals surface area contributed by atoms with Crippen molar-refractivity contribution in [1.82, 2.24) is 0 Å². The van der Waals surface area contributed by atoms with Crippen LogP contribution in [-0.4, -0.2) is 10.7 Å². The lowest BCUT2D eigenvalue weighted by atomic mass is 9.93. The molecule has 1 aromatic heterocycles. The third-order valence-electron chi connectivity index (χ3n) is 2.61. The molecule has 0 aliphatic heterocycles. The summed E-state index contributed by atoms with van der Waals surface area (Å²) in [6.45, 7) is 1.87. The molecule has 0 radical (unpaired) electrons. The summed E-state index contributed by atoms with van der Waals surface area (Å²) in [5, 5.41) is 10.4. The lowest BCUT2D eigenvalue weighted by Crippen LogP contribution is -2.29. The van der Waals surface area contributed by atoms with Crippen LogP contribution in [0.1, 0.15) is 17.4 Å². The van der Waals surface area contributed by atoms with E-state index in [9.17, 15) is 5.11 Å². The van der Waals surface area contributed by atoms with Gasteiger partial charge in [0.2, 0.25) is 0 Å². The Kier molecular flexibility index (Phi) is 3.87. The van der Waals surface area contributed by atoms with E-state index >= 15 is 0 Å². The van der Waals surface area contributed by atoms with Crippen LogP contribution in [-0.2, 0) is 12.8 Å². The molecule has 1 aromatic carbocycles. The summed E-state index contributed by atoms with van der Waals surface area (Å²) in [5.41, 5.74) is 0.426. The molecule has 17 heavy (non-hydrogen) atoms. The zero-order chi connectivity index (χ0) is 12.3. The monoisotopic (exact) mass is 266 g/mol. The van der Waals surface area contributed by atoms with E-state index in [1.54, 1.807) is 0 Å². The van der Waals surface area contributed by atoms with Crippen molar-refractivity contribution in [3.05, 3.63) is 57.2 Å². The first kappa shape index (κ1) is 12.6. The molecule has 3 heteroatoms. The minimum Gasteiger partial charge on any atom is -0.389 e. The normalized spacial score (nSPS) is 14.5. The number of rotatable bonds is 4. The van der Waals surface area contributed by atoms with Crippen LogP contribution in [0.25, 0.3) is 0 Å². The Morgan fingerprint density at radius 3 is 2.41 bits per heavy atom. The van der Waals surface area contributed by atoms with Gasteiger partial charge in [-0.3, -0.25) is 0 Å². The summed E-state index contributed by atoms with van der Waals surface area (Å²) in [7, 11) is 0. The maximum atomic E-state index is 10.4. The predicted molar refractivity (Wildman–Crippen MR) is 73.8 cm³/mol. The summed E-state index contributed by atoms with van der Waals surface area (Å²) in [5.74, 6) is 0. The number of halogens is 1. The molecule has 0 amide bonds. The van der Waals surface area contributed by atoms with E-state index in [1.807, 2.05) is 49.4 Å². The summed E-state index contributed by atoms with van der Waals surface area (Å²) in [6.07, 6.45) is 1.29. The van der Waals surface area contributed by atoms with Crippen molar-refractivity contribution < 1.29 is 5.11 Å². The highest BCUT2D eigenvalue weighted by atomic mass is 35.5. The molecule has 1 unspecified atom stereocenters. The molecule has 2 rings (SSSR count). The van der Waals surface area contributed by atoms with Crippen LogP contribution < -0.4 is 0 Å². The Morgan fingerprint density at radius 2 is 1.82 bits per heavy atom. The third-order valence-corrected chi connectivity index (χ3v) is 3.84. The largest absolute Gasteiger partial charge is 0.389 e. The van der Waals surface area contributed by atoms with Crippen LogP contribution in [0.4, 0.5) is 0 Å². The van der Waals surface area contributed by atoms with E-state index < -0.39 is 5.60 Å². The topological polar surface area (TPSA) is 20.2 Å². The van der Waals surface area contributed by atoms with Crippen LogP contribution in [0.15, 0.2) is 42.5 Å². The van der Waals surface area contributed by atoms with Gasteiger partial charge in [-0.15, -0.1) is 11.3 Å². The van der Waals surface area contributed by atoms with Crippen molar-refractivity contribution >= 4 is 22.9 Å².